The van der Waals surface area contributed by atoms with E-state index in [9.17, 15) is 18.0 Å². The van der Waals surface area contributed by atoms with Crippen molar-refractivity contribution in [3.63, 3.8) is 0 Å². The molecule has 1 N–H and O–H groups in total. The number of rotatable bonds is 5. The van der Waals surface area contributed by atoms with Gasteiger partial charge < -0.3 is 10.2 Å². The summed E-state index contributed by atoms with van der Waals surface area (Å²) in [5.74, 6) is -0.0675. The minimum Gasteiger partial charge on any atom is -0.347 e. The summed E-state index contributed by atoms with van der Waals surface area (Å²) in [6.45, 7) is 2.39. The largest absolute Gasteiger partial charge is 0.347 e. The van der Waals surface area contributed by atoms with E-state index in [0.29, 0.717) is 19.5 Å². The Hall–Kier alpha value is -1.11. The van der Waals surface area contributed by atoms with Gasteiger partial charge in [-0.15, -0.1) is 0 Å². The Morgan fingerprint density at radius 3 is 2.71 bits per heavy atom. The molecule has 0 bridgehead atoms. The lowest BCUT2D eigenvalue weighted by molar-refractivity contribution is -0.130. The SMILES string of the molecule is CCS(=O)(=O)CCCN1CCC(=O)NCC1=O. The molecule has 0 spiro atoms. The van der Waals surface area contributed by atoms with E-state index in [1.807, 2.05) is 0 Å². The first kappa shape index (κ1) is 14.0. The van der Waals surface area contributed by atoms with Crippen LogP contribution in [0.3, 0.4) is 0 Å². The van der Waals surface area contributed by atoms with Gasteiger partial charge in [0.2, 0.25) is 11.8 Å². The minimum atomic E-state index is -2.98. The number of amides is 2. The van der Waals surface area contributed by atoms with Gasteiger partial charge in [0, 0.05) is 25.3 Å². The average molecular weight is 262 g/mol. The van der Waals surface area contributed by atoms with Crippen molar-refractivity contribution in [2.75, 3.05) is 31.1 Å². The molecule has 1 rings (SSSR count). The lowest BCUT2D eigenvalue weighted by atomic mass is 10.3. The zero-order valence-electron chi connectivity index (χ0n) is 9.94. The molecular formula is C10H18N2O4S. The molecule has 98 valence electrons. The average Bonchev–Trinajstić information content (AvgIpc) is 2.44. The molecule has 1 fully saturated rings. The van der Waals surface area contributed by atoms with E-state index in [4.69, 9.17) is 0 Å². The van der Waals surface area contributed by atoms with Crippen molar-refractivity contribution < 1.29 is 18.0 Å². The molecule has 1 saturated heterocycles. The highest BCUT2D eigenvalue weighted by atomic mass is 32.2. The van der Waals surface area contributed by atoms with Crippen molar-refractivity contribution in [1.29, 1.82) is 0 Å². The van der Waals surface area contributed by atoms with Gasteiger partial charge in [0.05, 0.1) is 12.3 Å². The standard InChI is InChI=1S/C10H18N2O4S/c1-2-17(15,16)7-3-5-12-6-4-9(13)11-8-10(12)14/h2-8H2,1H3,(H,11,13). The van der Waals surface area contributed by atoms with Crippen LogP contribution in [0.25, 0.3) is 0 Å². The Kier molecular flexibility index (Phi) is 4.92. The molecule has 0 aromatic carbocycles. The third-order valence-corrected chi connectivity index (χ3v) is 4.51. The van der Waals surface area contributed by atoms with E-state index in [1.54, 1.807) is 11.8 Å². The van der Waals surface area contributed by atoms with Gasteiger partial charge in [0.15, 0.2) is 0 Å². The van der Waals surface area contributed by atoms with Crippen molar-refractivity contribution in [3.8, 4) is 0 Å². The number of sulfone groups is 1. The van der Waals surface area contributed by atoms with Gasteiger partial charge in [0.25, 0.3) is 0 Å². The Morgan fingerprint density at radius 1 is 1.35 bits per heavy atom. The summed E-state index contributed by atoms with van der Waals surface area (Å²) in [5, 5.41) is 2.49. The summed E-state index contributed by atoms with van der Waals surface area (Å²) < 4.78 is 22.5. The first-order valence-electron chi connectivity index (χ1n) is 5.69. The summed E-state index contributed by atoms with van der Waals surface area (Å²) in [7, 11) is -2.98. The summed E-state index contributed by atoms with van der Waals surface area (Å²) in [6, 6.07) is 0. The van der Waals surface area contributed by atoms with E-state index >= 15 is 0 Å². The number of carbonyl (C=O) groups excluding carboxylic acids is 2. The van der Waals surface area contributed by atoms with E-state index in [1.165, 1.54) is 0 Å². The van der Waals surface area contributed by atoms with Crippen LogP contribution in [0.15, 0.2) is 0 Å². The van der Waals surface area contributed by atoms with Gasteiger partial charge in [-0.05, 0) is 6.42 Å². The maximum Gasteiger partial charge on any atom is 0.241 e. The van der Waals surface area contributed by atoms with E-state index in [-0.39, 0.29) is 36.3 Å². The molecule has 0 atom stereocenters. The Bertz CT molecular complexity index is 391. The van der Waals surface area contributed by atoms with Gasteiger partial charge >= 0.3 is 0 Å². The molecule has 0 unspecified atom stereocenters. The van der Waals surface area contributed by atoms with Crippen molar-refractivity contribution in [2.45, 2.75) is 19.8 Å². The third kappa shape index (κ3) is 4.72. The normalized spacial score (nSPS) is 17.8. The monoisotopic (exact) mass is 262 g/mol. The predicted octanol–water partition coefficient (Wildman–Crippen LogP) is -0.840. The second-order valence-corrected chi connectivity index (χ2v) is 6.47. The van der Waals surface area contributed by atoms with Crippen molar-refractivity contribution in [2.24, 2.45) is 0 Å². The van der Waals surface area contributed by atoms with E-state index in [0.717, 1.165) is 0 Å². The third-order valence-electron chi connectivity index (χ3n) is 2.72. The van der Waals surface area contributed by atoms with Gasteiger partial charge in [-0.2, -0.15) is 0 Å². The first-order chi connectivity index (χ1) is 7.94. The summed E-state index contributed by atoms with van der Waals surface area (Å²) >= 11 is 0. The second-order valence-electron chi connectivity index (χ2n) is 4.00. The van der Waals surface area contributed by atoms with Crippen LogP contribution >= 0.6 is 0 Å². The van der Waals surface area contributed by atoms with Crippen LogP contribution in [0.4, 0.5) is 0 Å². The fourth-order valence-electron chi connectivity index (χ4n) is 1.59. The lowest BCUT2D eigenvalue weighted by Gasteiger charge is -2.19. The number of carbonyl (C=O) groups is 2. The van der Waals surface area contributed by atoms with Crippen LogP contribution in [0.1, 0.15) is 19.8 Å². The fraction of sp³-hybridized carbons (Fsp3) is 0.800. The van der Waals surface area contributed by atoms with Gasteiger partial charge in [0.1, 0.15) is 9.84 Å². The van der Waals surface area contributed by atoms with Crippen LogP contribution in [-0.4, -0.2) is 56.3 Å². The second kappa shape index (κ2) is 6.00. The summed E-state index contributed by atoms with van der Waals surface area (Å²) in [5.41, 5.74) is 0. The molecule has 1 aliphatic rings. The molecular weight excluding hydrogens is 244 g/mol. The maximum absolute atomic E-state index is 11.5. The summed E-state index contributed by atoms with van der Waals surface area (Å²) in [6.07, 6.45) is 0.711. The fourth-order valence-corrected chi connectivity index (χ4v) is 2.45. The Labute approximate surface area is 101 Å². The van der Waals surface area contributed by atoms with E-state index < -0.39 is 9.84 Å². The van der Waals surface area contributed by atoms with E-state index in [2.05, 4.69) is 5.32 Å². The topological polar surface area (TPSA) is 83.6 Å². The van der Waals surface area contributed by atoms with Gasteiger partial charge in [-0.25, -0.2) is 8.42 Å². The zero-order valence-corrected chi connectivity index (χ0v) is 10.8. The predicted molar refractivity (Wildman–Crippen MR) is 63.2 cm³/mol. The van der Waals surface area contributed by atoms with Crippen LogP contribution in [0.2, 0.25) is 0 Å². The first-order valence-corrected chi connectivity index (χ1v) is 7.51. The Balaban J connectivity index is 2.40. The number of nitrogens with one attached hydrogen (secondary N) is 1. The van der Waals surface area contributed by atoms with Crippen molar-refractivity contribution >= 4 is 21.7 Å². The van der Waals surface area contributed by atoms with Crippen LogP contribution in [0.5, 0.6) is 0 Å². The van der Waals surface area contributed by atoms with Gasteiger partial charge in [-0.1, -0.05) is 6.92 Å². The van der Waals surface area contributed by atoms with Crippen molar-refractivity contribution in [3.05, 3.63) is 0 Å². The van der Waals surface area contributed by atoms with Crippen LogP contribution in [-0.2, 0) is 19.4 Å². The molecule has 6 nitrogen and oxygen atoms in total. The number of nitrogens with zero attached hydrogens (tertiary/aromatic N) is 1. The molecule has 1 heterocycles. The lowest BCUT2D eigenvalue weighted by Crippen LogP contribution is -2.36. The van der Waals surface area contributed by atoms with Crippen LogP contribution in [0, 0.1) is 0 Å². The smallest absolute Gasteiger partial charge is 0.241 e. The molecule has 1 aliphatic heterocycles. The maximum atomic E-state index is 11.5. The number of hydrogen-bond donors (Lipinski definition) is 1. The molecule has 0 saturated carbocycles. The molecule has 0 aromatic rings. The molecule has 2 amide bonds. The molecule has 0 radical (unpaired) electrons. The highest BCUT2D eigenvalue weighted by Crippen LogP contribution is 2.01. The molecule has 0 aromatic heterocycles. The molecule has 17 heavy (non-hydrogen) atoms. The van der Waals surface area contributed by atoms with Crippen LogP contribution < -0.4 is 5.32 Å². The minimum absolute atomic E-state index is 0.0133. The van der Waals surface area contributed by atoms with Gasteiger partial charge in [-0.3, -0.25) is 9.59 Å². The summed E-state index contributed by atoms with van der Waals surface area (Å²) in [4.78, 5) is 24.2. The number of hydrogen-bond acceptors (Lipinski definition) is 4. The molecule has 7 heteroatoms. The highest BCUT2D eigenvalue weighted by Gasteiger charge is 2.20. The Morgan fingerprint density at radius 2 is 2.06 bits per heavy atom. The molecule has 0 aliphatic carbocycles. The zero-order chi connectivity index (χ0) is 12.9. The highest BCUT2D eigenvalue weighted by molar-refractivity contribution is 7.91. The quantitative estimate of drug-likeness (QED) is 0.700. The van der Waals surface area contributed by atoms with Crippen molar-refractivity contribution in [1.82, 2.24) is 10.2 Å².